The number of nitrogens with zero attached hydrogens (tertiary/aromatic N) is 5. The quantitative estimate of drug-likeness (QED) is 0.907. The van der Waals surface area contributed by atoms with Crippen molar-refractivity contribution < 1.29 is 9.90 Å². The third kappa shape index (κ3) is 1.99. The summed E-state index contributed by atoms with van der Waals surface area (Å²) >= 11 is 0. The predicted octanol–water partition coefficient (Wildman–Crippen LogP) is 1.12. The second kappa shape index (κ2) is 4.73. The topological polar surface area (TPSA) is 85.8 Å². The lowest BCUT2D eigenvalue weighted by Gasteiger charge is -2.21. The van der Waals surface area contributed by atoms with E-state index in [1.54, 1.807) is 0 Å². The Bertz CT molecular complexity index is 658. The molecule has 1 N–H and O–H groups in total. The highest BCUT2D eigenvalue weighted by atomic mass is 16.4. The van der Waals surface area contributed by atoms with Crippen LogP contribution in [0.2, 0.25) is 0 Å². The molecule has 1 aliphatic rings. The first-order valence-corrected chi connectivity index (χ1v) is 6.80. The predicted molar refractivity (Wildman–Crippen MR) is 71.1 cm³/mol. The molecule has 2 aromatic heterocycles. The summed E-state index contributed by atoms with van der Waals surface area (Å²) in [4.78, 5) is 11.2. The average molecular weight is 275 g/mol. The summed E-state index contributed by atoms with van der Waals surface area (Å²) in [6, 6.07) is 1.96. The maximum Gasteiger partial charge on any atom is 0.308 e. The maximum atomic E-state index is 11.2. The lowest BCUT2D eigenvalue weighted by molar-refractivity contribution is -0.142. The highest BCUT2D eigenvalue weighted by molar-refractivity contribution is 5.70. The molecule has 0 aromatic carbocycles. The van der Waals surface area contributed by atoms with Crippen LogP contribution < -0.4 is 0 Å². The number of fused-ring (bicyclic) bond motifs is 1. The molecule has 106 valence electrons. The summed E-state index contributed by atoms with van der Waals surface area (Å²) in [5.41, 5.74) is 1.82. The molecule has 20 heavy (non-hydrogen) atoms. The summed E-state index contributed by atoms with van der Waals surface area (Å²) in [5.74, 6) is 0.458. The third-order valence-corrected chi connectivity index (χ3v) is 3.73. The van der Waals surface area contributed by atoms with Crippen molar-refractivity contribution in [1.82, 2.24) is 24.5 Å². The molecule has 1 atom stereocenters. The van der Waals surface area contributed by atoms with E-state index in [2.05, 4.69) is 15.3 Å². The zero-order valence-corrected chi connectivity index (χ0v) is 11.6. The van der Waals surface area contributed by atoms with Gasteiger partial charge in [-0.15, -0.1) is 10.2 Å². The van der Waals surface area contributed by atoms with Crippen molar-refractivity contribution in [2.24, 2.45) is 5.92 Å². The van der Waals surface area contributed by atoms with Gasteiger partial charge in [-0.3, -0.25) is 9.48 Å². The second-order valence-electron chi connectivity index (χ2n) is 5.11. The second-order valence-corrected chi connectivity index (χ2v) is 5.11. The van der Waals surface area contributed by atoms with E-state index < -0.39 is 5.97 Å². The number of carboxylic acid groups (broad SMARTS) is 1. The molecule has 3 heterocycles. The van der Waals surface area contributed by atoms with E-state index in [9.17, 15) is 9.90 Å². The first kappa shape index (κ1) is 12.8. The fraction of sp³-hybridized carbons (Fsp3) is 0.538. The van der Waals surface area contributed by atoms with Crippen molar-refractivity contribution >= 4 is 5.97 Å². The average Bonchev–Trinajstić information content (AvgIpc) is 3.00. The number of aryl methyl sites for hydroxylation is 3. The highest BCUT2D eigenvalue weighted by Gasteiger charge is 2.28. The zero-order chi connectivity index (χ0) is 14.3. The molecule has 2 aromatic rings. The van der Waals surface area contributed by atoms with E-state index in [0.29, 0.717) is 25.2 Å². The van der Waals surface area contributed by atoms with Crippen LogP contribution in [0.25, 0.3) is 11.5 Å². The number of aliphatic carboxylic acids is 1. The van der Waals surface area contributed by atoms with Crippen LogP contribution in [0.15, 0.2) is 6.07 Å². The molecule has 0 saturated carbocycles. The summed E-state index contributed by atoms with van der Waals surface area (Å²) in [6.45, 7) is 5.13. The normalized spacial score (nSPS) is 18.0. The molecule has 7 heteroatoms. The zero-order valence-electron chi connectivity index (χ0n) is 11.6. The fourth-order valence-electron chi connectivity index (χ4n) is 2.68. The number of carbonyl (C=O) groups is 1. The Balaban J connectivity index is 2.04. The van der Waals surface area contributed by atoms with E-state index in [-0.39, 0.29) is 5.92 Å². The molecular weight excluding hydrogens is 258 g/mol. The van der Waals surface area contributed by atoms with E-state index >= 15 is 0 Å². The minimum atomic E-state index is -0.754. The highest BCUT2D eigenvalue weighted by Crippen LogP contribution is 2.26. The molecule has 7 nitrogen and oxygen atoms in total. The Kier molecular flexibility index (Phi) is 3.04. The molecule has 0 aliphatic carbocycles. The Hall–Kier alpha value is -2.18. The van der Waals surface area contributed by atoms with Gasteiger partial charge in [0, 0.05) is 19.5 Å². The van der Waals surface area contributed by atoms with Gasteiger partial charge in [0.1, 0.15) is 11.5 Å². The fourth-order valence-corrected chi connectivity index (χ4v) is 2.68. The van der Waals surface area contributed by atoms with Gasteiger partial charge in [0.25, 0.3) is 0 Å². The first-order chi connectivity index (χ1) is 9.60. The monoisotopic (exact) mass is 275 g/mol. The minimum Gasteiger partial charge on any atom is -0.481 e. The van der Waals surface area contributed by atoms with Crippen molar-refractivity contribution in [2.75, 3.05) is 0 Å². The molecule has 1 aliphatic heterocycles. The molecule has 0 radical (unpaired) electrons. The van der Waals surface area contributed by atoms with Crippen LogP contribution in [0, 0.1) is 12.8 Å². The van der Waals surface area contributed by atoms with Gasteiger partial charge in [0.2, 0.25) is 0 Å². The summed E-state index contributed by atoms with van der Waals surface area (Å²) in [7, 11) is 0. The van der Waals surface area contributed by atoms with Gasteiger partial charge in [0.15, 0.2) is 5.82 Å². The molecule has 3 rings (SSSR count). The first-order valence-electron chi connectivity index (χ1n) is 6.80. The van der Waals surface area contributed by atoms with E-state index in [1.165, 1.54) is 0 Å². The molecule has 0 amide bonds. The van der Waals surface area contributed by atoms with Gasteiger partial charge in [0.05, 0.1) is 11.6 Å². The van der Waals surface area contributed by atoms with E-state index in [0.717, 1.165) is 23.8 Å². The number of hydrogen-bond donors (Lipinski definition) is 1. The van der Waals surface area contributed by atoms with Gasteiger partial charge in [-0.25, -0.2) is 0 Å². The SMILES string of the molecule is CCn1nc(C)cc1-c1nnc2n1CC(C(=O)O)CC2. The summed E-state index contributed by atoms with van der Waals surface area (Å²) in [5, 5.41) is 22.0. The van der Waals surface area contributed by atoms with Crippen LogP contribution in [-0.4, -0.2) is 35.6 Å². The van der Waals surface area contributed by atoms with E-state index in [1.807, 2.05) is 29.2 Å². The Morgan fingerprint density at radius 3 is 3.00 bits per heavy atom. The van der Waals surface area contributed by atoms with Gasteiger partial charge in [-0.1, -0.05) is 0 Å². The number of hydrogen-bond acceptors (Lipinski definition) is 4. The smallest absolute Gasteiger partial charge is 0.308 e. The molecule has 0 spiro atoms. The molecular formula is C13H17N5O2. The van der Waals surface area contributed by atoms with Crippen LogP contribution in [0.1, 0.15) is 24.9 Å². The van der Waals surface area contributed by atoms with Crippen LogP contribution in [-0.2, 0) is 24.3 Å². The Labute approximate surface area is 116 Å². The van der Waals surface area contributed by atoms with Crippen LogP contribution >= 0.6 is 0 Å². The van der Waals surface area contributed by atoms with Gasteiger partial charge in [-0.05, 0) is 26.3 Å². The number of carboxylic acids is 1. The van der Waals surface area contributed by atoms with Crippen LogP contribution in [0.3, 0.4) is 0 Å². The summed E-state index contributed by atoms with van der Waals surface area (Å²) < 4.78 is 3.79. The lowest BCUT2D eigenvalue weighted by atomic mass is 9.99. The molecule has 0 bridgehead atoms. The van der Waals surface area contributed by atoms with Crippen molar-refractivity contribution in [3.05, 3.63) is 17.6 Å². The van der Waals surface area contributed by atoms with Crippen molar-refractivity contribution in [3.63, 3.8) is 0 Å². The number of aromatic nitrogens is 5. The van der Waals surface area contributed by atoms with Crippen LogP contribution in [0.5, 0.6) is 0 Å². The van der Waals surface area contributed by atoms with Gasteiger partial charge < -0.3 is 9.67 Å². The standard InChI is InChI=1S/C13H17N5O2/c1-3-18-10(6-8(2)16-18)12-15-14-11-5-4-9(13(19)20)7-17(11)12/h6,9H,3-5,7H2,1-2H3,(H,19,20). The molecule has 0 saturated heterocycles. The Morgan fingerprint density at radius 2 is 2.30 bits per heavy atom. The van der Waals surface area contributed by atoms with Gasteiger partial charge >= 0.3 is 5.97 Å². The van der Waals surface area contributed by atoms with Crippen molar-refractivity contribution in [3.8, 4) is 11.5 Å². The largest absolute Gasteiger partial charge is 0.481 e. The van der Waals surface area contributed by atoms with Gasteiger partial charge in [-0.2, -0.15) is 5.10 Å². The lowest BCUT2D eigenvalue weighted by Crippen LogP contribution is -2.27. The third-order valence-electron chi connectivity index (χ3n) is 3.73. The van der Waals surface area contributed by atoms with Crippen molar-refractivity contribution in [1.29, 1.82) is 0 Å². The van der Waals surface area contributed by atoms with E-state index in [4.69, 9.17) is 0 Å². The van der Waals surface area contributed by atoms with Crippen LogP contribution in [0.4, 0.5) is 0 Å². The minimum absolute atomic E-state index is 0.364. The maximum absolute atomic E-state index is 11.2. The summed E-state index contributed by atoms with van der Waals surface area (Å²) in [6.07, 6.45) is 1.28. The molecule has 1 unspecified atom stereocenters. The molecule has 0 fully saturated rings. The number of rotatable bonds is 3. The van der Waals surface area contributed by atoms with Crippen molar-refractivity contribution in [2.45, 2.75) is 39.8 Å². The Morgan fingerprint density at radius 1 is 1.50 bits per heavy atom.